The molecule has 1 aliphatic heterocycles. The van der Waals surface area contributed by atoms with Crippen LogP contribution in [-0.4, -0.2) is 46.0 Å². The Morgan fingerprint density at radius 3 is 2.63 bits per heavy atom. The summed E-state index contributed by atoms with van der Waals surface area (Å²) < 4.78 is 0. The third kappa shape index (κ3) is 3.10. The largest absolute Gasteiger partial charge is 0.480 e. The van der Waals surface area contributed by atoms with Gasteiger partial charge in [-0.1, -0.05) is 19.1 Å². The van der Waals surface area contributed by atoms with E-state index in [1.54, 1.807) is 23.9 Å². The van der Waals surface area contributed by atoms with Crippen molar-refractivity contribution in [1.82, 2.24) is 4.90 Å². The Bertz CT molecular complexity index is 472. The average molecular weight is 279 g/mol. The van der Waals surface area contributed by atoms with Gasteiger partial charge in [0.2, 0.25) is 0 Å². The number of carboxylic acids is 1. The van der Waals surface area contributed by atoms with E-state index in [1.165, 1.54) is 10.5 Å². The van der Waals surface area contributed by atoms with Crippen molar-refractivity contribution in [3.8, 4) is 0 Å². The summed E-state index contributed by atoms with van der Waals surface area (Å²) in [7, 11) is 0. The third-order valence-electron chi connectivity index (χ3n) is 3.28. The molecule has 1 fully saturated rings. The number of carbonyl (C=O) groups excluding carboxylic acids is 1. The molecule has 0 radical (unpaired) electrons. The molecule has 1 saturated heterocycles. The molecule has 1 aromatic carbocycles. The summed E-state index contributed by atoms with van der Waals surface area (Å²) in [6.07, 6.45) is 0.923. The lowest BCUT2D eigenvalue weighted by molar-refractivity contribution is -0.141. The molecule has 1 aliphatic rings. The summed E-state index contributed by atoms with van der Waals surface area (Å²) in [6, 6.07) is 6.68. The Hall–Kier alpha value is -1.49. The highest BCUT2D eigenvalue weighted by atomic mass is 32.2. The lowest BCUT2D eigenvalue weighted by Crippen LogP contribution is -2.50. The van der Waals surface area contributed by atoms with Crippen LogP contribution < -0.4 is 0 Å². The van der Waals surface area contributed by atoms with Crippen molar-refractivity contribution in [2.75, 3.05) is 18.1 Å². The molecule has 102 valence electrons. The lowest BCUT2D eigenvalue weighted by atomic mass is 10.1. The standard InChI is InChI=1S/C14H17NO3S/c1-2-10-3-5-11(6-4-10)13(16)15-7-8-19-9-12(15)14(17)18/h3-6,12H,2,7-9H2,1H3,(H,17,18). The first-order valence-electron chi connectivity index (χ1n) is 6.34. The summed E-state index contributed by atoms with van der Waals surface area (Å²) >= 11 is 1.58. The molecule has 5 heteroatoms. The predicted molar refractivity (Wildman–Crippen MR) is 75.6 cm³/mol. The van der Waals surface area contributed by atoms with E-state index < -0.39 is 12.0 Å². The Balaban J connectivity index is 2.18. The Morgan fingerprint density at radius 1 is 1.37 bits per heavy atom. The van der Waals surface area contributed by atoms with Crippen LogP contribution in [0, 0.1) is 0 Å². The second kappa shape index (κ2) is 6.10. The van der Waals surface area contributed by atoms with Gasteiger partial charge in [0.05, 0.1) is 0 Å². The first-order valence-corrected chi connectivity index (χ1v) is 7.49. The highest BCUT2D eigenvalue weighted by Gasteiger charge is 2.32. The van der Waals surface area contributed by atoms with E-state index in [9.17, 15) is 14.7 Å². The van der Waals surface area contributed by atoms with Crippen LogP contribution >= 0.6 is 11.8 Å². The molecular weight excluding hydrogens is 262 g/mol. The molecule has 1 unspecified atom stereocenters. The number of aryl methyl sites for hydroxylation is 1. The highest BCUT2D eigenvalue weighted by molar-refractivity contribution is 7.99. The van der Waals surface area contributed by atoms with Crippen molar-refractivity contribution in [3.05, 3.63) is 35.4 Å². The van der Waals surface area contributed by atoms with Crippen LogP contribution in [0.5, 0.6) is 0 Å². The first kappa shape index (κ1) is 13.9. The number of hydrogen-bond donors (Lipinski definition) is 1. The molecule has 0 aliphatic carbocycles. The van der Waals surface area contributed by atoms with Gasteiger partial charge in [-0.2, -0.15) is 11.8 Å². The summed E-state index contributed by atoms with van der Waals surface area (Å²) in [6.45, 7) is 2.55. The van der Waals surface area contributed by atoms with E-state index in [1.807, 2.05) is 12.1 Å². The predicted octanol–water partition coefficient (Wildman–Crippen LogP) is 1.89. The van der Waals surface area contributed by atoms with E-state index in [0.717, 1.165) is 12.2 Å². The molecule has 1 atom stereocenters. The smallest absolute Gasteiger partial charge is 0.327 e. The summed E-state index contributed by atoms with van der Waals surface area (Å²) in [5.41, 5.74) is 1.73. The van der Waals surface area contributed by atoms with Crippen LogP contribution in [0.4, 0.5) is 0 Å². The molecular formula is C14H17NO3S. The van der Waals surface area contributed by atoms with Gasteiger partial charge in [-0.05, 0) is 24.1 Å². The minimum absolute atomic E-state index is 0.185. The Labute approximate surface area is 116 Å². The van der Waals surface area contributed by atoms with Crippen molar-refractivity contribution >= 4 is 23.6 Å². The zero-order chi connectivity index (χ0) is 13.8. The van der Waals surface area contributed by atoms with Crippen molar-refractivity contribution in [2.45, 2.75) is 19.4 Å². The number of amides is 1. The topological polar surface area (TPSA) is 57.6 Å². The van der Waals surface area contributed by atoms with Crippen LogP contribution in [0.15, 0.2) is 24.3 Å². The third-order valence-corrected chi connectivity index (χ3v) is 4.31. The van der Waals surface area contributed by atoms with E-state index in [0.29, 0.717) is 17.9 Å². The summed E-state index contributed by atoms with van der Waals surface area (Å²) in [5, 5.41) is 9.18. The van der Waals surface area contributed by atoms with Gasteiger partial charge >= 0.3 is 5.97 Å². The van der Waals surface area contributed by atoms with Crippen LogP contribution in [0.2, 0.25) is 0 Å². The number of aliphatic carboxylic acids is 1. The van der Waals surface area contributed by atoms with Crippen molar-refractivity contribution in [3.63, 3.8) is 0 Å². The van der Waals surface area contributed by atoms with Crippen LogP contribution in [-0.2, 0) is 11.2 Å². The summed E-state index contributed by atoms with van der Waals surface area (Å²) in [5.74, 6) is 0.150. The van der Waals surface area contributed by atoms with Gasteiger partial charge in [0.1, 0.15) is 6.04 Å². The molecule has 0 spiro atoms. The Kier molecular flexibility index (Phi) is 4.47. The fourth-order valence-electron chi connectivity index (χ4n) is 2.10. The number of rotatable bonds is 3. The monoisotopic (exact) mass is 279 g/mol. The highest BCUT2D eigenvalue weighted by Crippen LogP contribution is 2.19. The van der Waals surface area contributed by atoms with Gasteiger partial charge in [0.25, 0.3) is 5.91 Å². The normalized spacial score (nSPS) is 19.2. The van der Waals surface area contributed by atoms with Crippen LogP contribution in [0.1, 0.15) is 22.8 Å². The van der Waals surface area contributed by atoms with Crippen molar-refractivity contribution in [2.24, 2.45) is 0 Å². The van der Waals surface area contributed by atoms with Crippen LogP contribution in [0.25, 0.3) is 0 Å². The van der Waals surface area contributed by atoms with Crippen molar-refractivity contribution < 1.29 is 14.7 Å². The fraction of sp³-hybridized carbons (Fsp3) is 0.429. The van der Waals surface area contributed by atoms with E-state index in [2.05, 4.69) is 6.92 Å². The average Bonchev–Trinajstić information content (AvgIpc) is 2.46. The van der Waals surface area contributed by atoms with Gasteiger partial charge in [0, 0.05) is 23.6 Å². The molecule has 1 amide bonds. The number of carbonyl (C=O) groups is 2. The number of benzene rings is 1. The van der Waals surface area contributed by atoms with E-state index >= 15 is 0 Å². The number of carboxylic acid groups (broad SMARTS) is 1. The van der Waals surface area contributed by atoms with Gasteiger partial charge < -0.3 is 10.0 Å². The molecule has 1 heterocycles. The van der Waals surface area contributed by atoms with Crippen LogP contribution in [0.3, 0.4) is 0 Å². The molecule has 1 N–H and O–H groups in total. The lowest BCUT2D eigenvalue weighted by Gasteiger charge is -2.32. The zero-order valence-corrected chi connectivity index (χ0v) is 11.7. The first-order chi connectivity index (χ1) is 9.13. The van der Waals surface area contributed by atoms with Gasteiger partial charge in [-0.15, -0.1) is 0 Å². The van der Waals surface area contributed by atoms with Crippen molar-refractivity contribution in [1.29, 1.82) is 0 Å². The molecule has 4 nitrogen and oxygen atoms in total. The van der Waals surface area contributed by atoms with Gasteiger partial charge in [0.15, 0.2) is 0 Å². The maximum atomic E-state index is 12.4. The number of nitrogens with zero attached hydrogens (tertiary/aromatic N) is 1. The zero-order valence-electron chi connectivity index (χ0n) is 10.8. The summed E-state index contributed by atoms with van der Waals surface area (Å²) in [4.78, 5) is 25.0. The molecule has 0 bridgehead atoms. The molecule has 0 aromatic heterocycles. The molecule has 0 saturated carbocycles. The fourth-order valence-corrected chi connectivity index (χ4v) is 3.14. The maximum Gasteiger partial charge on any atom is 0.327 e. The minimum Gasteiger partial charge on any atom is -0.480 e. The second-order valence-electron chi connectivity index (χ2n) is 4.48. The van der Waals surface area contributed by atoms with Gasteiger partial charge in [-0.25, -0.2) is 4.79 Å². The molecule has 19 heavy (non-hydrogen) atoms. The van der Waals surface area contributed by atoms with Gasteiger partial charge in [-0.3, -0.25) is 4.79 Å². The minimum atomic E-state index is -0.925. The maximum absolute atomic E-state index is 12.4. The second-order valence-corrected chi connectivity index (χ2v) is 5.63. The quantitative estimate of drug-likeness (QED) is 0.918. The number of hydrogen-bond acceptors (Lipinski definition) is 3. The molecule has 2 rings (SSSR count). The van der Waals surface area contributed by atoms with E-state index in [4.69, 9.17) is 0 Å². The Morgan fingerprint density at radius 2 is 2.05 bits per heavy atom. The number of thioether (sulfide) groups is 1. The SMILES string of the molecule is CCc1ccc(C(=O)N2CCSCC2C(=O)O)cc1. The van der Waals surface area contributed by atoms with E-state index in [-0.39, 0.29) is 5.91 Å². The molecule has 1 aromatic rings.